The Hall–Kier alpha value is -2.01. The number of halogens is 3. The van der Waals surface area contributed by atoms with E-state index < -0.39 is 17.5 Å². The lowest BCUT2D eigenvalue weighted by Crippen LogP contribution is -2.25. The van der Waals surface area contributed by atoms with E-state index in [9.17, 15) is 13.2 Å². The van der Waals surface area contributed by atoms with Crippen molar-refractivity contribution in [1.29, 1.82) is 0 Å². The Morgan fingerprint density at radius 2 is 1.86 bits per heavy atom. The van der Waals surface area contributed by atoms with Gasteiger partial charge in [-0.25, -0.2) is 8.78 Å². The van der Waals surface area contributed by atoms with Gasteiger partial charge in [-0.15, -0.1) is 0 Å². The fourth-order valence-electron chi connectivity index (χ4n) is 3.76. The van der Waals surface area contributed by atoms with E-state index in [0.717, 1.165) is 32.1 Å². The third-order valence-electron chi connectivity index (χ3n) is 5.35. The molecule has 28 heavy (non-hydrogen) atoms. The van der Waals surface area contributed by atoms with Crippen LogP contribution in [0.5, 0.6) is 5.75 Å². The molecule has 0 N–H and O–H groups in total. The average Bonchev–Trinajstić information content (AvgIpc) is 2.70. The van der Waals surface area contributed by atoms with Gasteiger partial charge in [-0.2, -0.15) is 4.39 Å². The van der Waals surface area contributed by atoms with Crippen LogP contribution in [0.3, 0.4) is 0 Å². The highest BCUT2D eigenvalue weighted by Gasteiger charge is 2.25. The van der Waals surface area contributed by atoms with Crippen molar-refractivity contribution in [3.05, 3.63) is 53.3 Å². The Balaban J connectivity index is 1.76. The number of hydrogen-bond acceptors (Lipinski definition) is 2. The molecule has 5 heteroatoms. The van der Waals surface area contributed by atoms with Crippen molar-refractivity contribution < 1.29 is 22.6 Å². The second-order valence-electron chi connectivity index (χ2n) is 7.28. The Labute approximate surface area is 164 Å². The minimum absolute atomic E-state index is 0.00570. The molecule has 1 aliphatic rings. The first-order valence-electron chi connectivity index (χ1n) is 10.1. The molecule has 0 aliphatic carbocycles. The number of unbranched alkanes of at least 4 members (excludes halogenated alkanes) is 1. The van der Waals surface area contributed by atoms with E-state index >= 15 is 0 Å². The van der Waals surface area contributed by atoms with Gasteiger partial charge in [0, 0.05) is 11.5 Å². The van der Waals surface area contributed by atoms with Gasteiger partial charge in [-0.3, -0.25) is 0 Å². The lowest BCUT2D eigenvalue weighted by Gasteiger charge is -2.29. The number of hydrogen-bond donors (Lipinski definition) is 0. The lowest BCUT2D eigenvalue weighted by molar-refractivity contribution is -0.00249. The van der Waals surface area contributed by atoms with Crippen LogP contribution in [0.25, 0.3) is 11.1 Å². The van der Waals surface area contributed by atoms with Gasteiger partial charge in [0.25, 0.3) is 0 Å². The van der Waals surface area contributed by atoms with Crippen molar-refractivity contribution in [2.75, 3.05) is 13.2 Å². The van der Waals surface area contributed by atoms with Crippen LogP contribution in [-0.2, 0) is 4.74 Å². The van der Waals surface area contributed by atoms with Crippen LogP contribution >= 0.6 is 0 Å². The summed E-state index contributed by atoms with van der Waals surface area (Å²) < 4.78 is 54.2. The summed E-state index contributed by atoms with van der Waals surface area (Å²) in [5.74, 6) is -2.64. The third kappa shape index (κ3) is 4.52. The molecule has 152 valence electrons. The van der Waals surface area contributed by atoms with Gasteiger partial charge in [0.15, 0.2) is 11.6 Å². The van der Waals surface area contributed by atoms with Crippen molar-refractivity contribution >= 4 is 0 Å². The van der Waals surface area contributed by atoms with Crippen molar-refractivity contribution in [1.82, 2.24) is 0 Å². The summed E-state index contributed by atoms with van der Waals surface area (Å²) in [6, 6.07) is 7.36. The van der Waals surface area contributed by atoms with Crippen LogP contribution in [-0.4, -0.2) is 19.3 Å². The van der Waals surface area contributed by atoms with E-state index in [4.69, 9.17) is 9.47 Å². The van der Waals surface area contributed by atoms with Crippen LogP contribution in [0.2, 0.25) is 0 Å². The average molecular weight is 392 g/mol. The first-order chi connectivity index (χ1) is 13.5. The zero-order valence-corrected chi connectivity index (χ0v) is 16.4. The maximum absolute atomic E-state index is 14.8. The fraction of sp³-hybridized carbons (Fsp3) is 0.478. The molecule has 0 bridgehead atoms. The first-order valence-corrected chi connectivity index (χ1v) is 10.1. The smallest absolute Gasteiger partial charge is 0.201 e. The van der Waals surface area contributed by atoms with Crippen molar-refractivity contribution in [3.63, 3.8) is 0 Å². The van der Waals surface area contributed by atoms with E-state index in [2.05, 4.69) is 6.92 Å². The molecule has 2 atom stereocenters. The molecule has 0 aromatic heterocycles. The highest BCUT2D eigenvalue weighted by Crippen LogP contribution is 2.35. The molecular weight excluding hydrogens is 365 g/mol. The van der Waals surface area contributed by atoms with Gasteiger partial charge in [-0.1, -0.05) is 31.9 Å². The second-order valence-corrected chi connectivity index (χ2v) is 7.28. The molecule has 0 spiro atoms. The lowest BCUT2D eigenvalue weighted by atomic mass is 9.88. The first kappa shape index (κ1) is 20.7. The summed E-state index contributed by atoms with van der Waals surface area (Å²) in [6.45, 7) is 4.58. The van der Waals surface area contributed by atoms with Crippen molar-refractivity contribution in [2.45, 2.75) is 58.0 Å². The standard InChI is InChI=1S/C23H27F3O2/c1-3-5-6-17-9-7-16(14-28-17)18-10-8-15(13-20(18)24)19-11-12-21(27-4-2)23(26)22(19)25/h8,10-13,16-17H,3-7,9,14H2,1-2H3. The molecule has 2 aromatic carbocycles. The molecule has 0 radical (unpaired) electrons. The quantitative estimate of drug-likeness (QED) is 0.527. The predicted octanol–water partition coefficient (Wildman–Crippen LogP) is 6.62. The normalized spacial score (nSPS) is 19.6. The van der Waals surface area contributed by atoms with E-state index in [1.54, 1.807) is 19.1 Å². The largest absolute Gasteiger partial charge is 0.491 e. The van der Waals surface area contributed by atoms with Gasteiger partial charge >= 0.3 is 0 Å². The maximum Gasteiger partial charge on any atom is 0.201 e. The van der Waals surface area contributed by atoms with Crippen LogP contribution in [0, 0.1) is 17.5 Å². The molecule has 1 fully saturated rings. The summed E-state index contributed by atoms with van der Waals surface area (Å²) in [7, 11) is 0. The minimum atomic E-state index is -1.05. The number of benzene rings is 2. The summed E-state index contributed by atoms with van der Waals surface area (Å²) in [5.41, 5.74) is 0.897. The van der Waals surface area contributed by atoms with Gasteiger partial charge in [-0.05, 0) is 55.5 Å². The fourth-order valence-corrected chi connectivity index (χ4v) is 3.76. The zero-order valence-electron chi connectivity index (χ0n) is 16.4. The van der Waals surface area contributed by atoms with Gasteiger partial charge in [0.2, 0.25) is 5.82 Å². The van der Waals surface area contributed by atoms with Crippen LogP contribution in [0.1, 0.15) is 57.4 Å². The molecule has 3 rings (SSSR count). The SMILES string of the molecule is CCCCC1CCC(c2ccc(-c3ccc(OCC)c(F)c3F)cc2F)CO1. The third-order valence-corrected chi connectivity index (χ3v) is 5.35. The van der Waals surface area contributed by atoms with E-state index in [1.165, 1.54) is 18.2 Å². The van der Waals surface area contributed by atoms with Crippen LogP contribution < -0.4 is 4.74 Å². The molecule has 2 unspecified atom stereocenters. The maximum atomic E-state index is 14.8. The Morgan fingerprint density at radius 1 is 1.04 bits per heavy atom. The zero-order chi connectivity index (χ0) is 20.1. The summed E-state index contributed by atoms with van der Waals surface area (Å²) >= 11 is 0. The summed E-state index contributed by atoms with van der Waals surface area (Å²) in [5, 5.41) is 0. The minimum Gasteiger partial charge on any atom is -0.491 e. The second kappa shape index (κ2) is 9.46. The molecule has 1 saturated heterocycles. The molecule has 2 nitrogen and oxygen atoms in total. The topological polar surface area (TPSA) is 18.5 Å². The highest BCUT2D eigenvalue weighted by molar-refractivity contribution is 5.66. The molecule has 2 aromatic rings. The van der Waals surface area contributed by atoms with Crippen molar-refractivity contribution in [2.24, 2.45) is 0 Å². The Kier molecular flexibility index (Phi) is 7.00. The number of rotatable bonds is 7. The monoisotopic (exact) mass is 392 g/mol. The van der Waals surface area contributed by atoms with Crippen LogP contribution in [0.15, 0.2) is 30.3 Å². The molecule has 0 saturated carbocycles. The van der Waals surface area contributed by atoms with E-state index in [1.807, 2.05) is 0 Å². The summed E-state index contributed by atoms with van der Waals surface area (Å²) in [4.78, 5) is 0. The summed E-state index contributed by atoms with van der Waals surface area (Å²) in [6.07, 6.45) is 5.39. The molecule has 0 amide bonds. The number of ether oxygens (including phenoxy) is 2. The Morgan fingerprint density at radius 3 is 2.50 bits per heavy atom. The Bertz CT molecular complexity index is 799. The van der Waals surface area contributed by atoms with Gasteiger partial charge in [0.05, 0.1) is 19.3 Å². The molecular formula is C23H27F3O2. The van der Waals surface area contributed by atoms with E-state index in [0.29, 0.717) is 17.7 Å². The molecule has 1 heterocycles. The van der Waals surface area contributed by atoms with Gasteiger partial charge in [0.1, 0.15) is 5.82 Å². The molecule has 1 aliphatic heterocycles. The predicted molar refractivity (Wildman–Crippen MR) is 104 cm³/mol. The van der Waals surface area contributed by atoms with Crippen LogP contribution in [0.4, 0.5) is 13.2 Å². The highest BCUT2D eigenvalue weighted by atomic mass is 19.2. The van der Waals surface area contributed by atoms with E-state index in [-0.39, 0.29) is 29.9 Å². The van der Waals surface area contributed by atoms with Gasteiger partial charge < -0.3 is 9.47 Å². The van der Waals surface area contributed by atoms with Crippen molar-refractivity contribution in [3.8, 4) is 16.9 Å².